The van der Waals surface area contributed by atoms with Gasteiger partial charge in [0.25, 0.3) is 15.9 Å². The first-order valence-corrected chi connectivity index (χ1v) is 12.9. The molecular weight excluding hydrogens is 501 g/mol. The zero-order valence-electron chi connectivity index (χ0n) is 18.8. The van der Waals surface area contributed by atoms with Gasteiger partial charge in [-0.2, -0.15) is 0 Å². The molecule has 0 fully saturated rings. The molecule has 0 bridgehead atoms. The number of nitrogens with zero attached hydrogens (tertiary/aromatic N) is 2. The number of hydrogen-bond acceptors (Lipinski definition) is 5. The number of sulfonamides is 1. The highest BCUT2D eigenvalue weighted by Crippen LogP contribution is 2.30. The molecule has 1 N–H and O–H groups in total. The Labute approximate surface area is 208 Å². The summed E-state index contributed by atoms with van der Waals surface area (Å²) < 4.78 is 26.2. The molecule has 34 heavy (non-hydrogen) atoms. The third-order valence-corrected chi connectivity index (χ3v) is 8.10. The van der Waals surface area contributed by atoms with Crippen LogP contribution in [0.25, 0.3) is 0 Å². The van der Waals surface area contributed by atoms with Crippen LogP contribution in [0.2, 0.25) is 10.0 Å². The summed E-state index contributed by atoms with van der Waals surface area (Å²) in [6.45, 7) is 3.78. The number of carbonyl (C=O) groups is 3. The Bertz CT molecular complexity index is 1220. The van der Waals surface area contributed by atoms with Crippen LogP contribution in [-0.2, 0) is 26.2 Å². The molecule has 1 heterocycles. The van der Waals surface area contributed by atoms with Gasteiger partial charge in [-0.1, -0.05) is 41.4 Å². The van der Waals surface area contributed by atoms with Crippen molar-refractivity contribution in [3.8, 4) is 0 Å². The summed E-state index contributed by atoms with van der Waals surface area (Å²) >= 11 is 12.1. The molecule has 11 heteroatoms. The summed E-state index contributed by atoms with van der Waals surface area (Å²) in [5.41, 5.74) is 0.812. The third-order valence-electron chi connectivity index (χ3n) is 5.52. The minimum Gasteiger partial charge on any atom is -0.355 e. The lowest BCUT2D eigenvalue weighted by Crippen LogP contribution is -2.47. The van der Waals surface area contributed by atoms with E-state index in [1.165, 1.54) is 17.0 Å². The van der Waals surface area contributed by atoms with Gasteiger partial charge in [-0.15, -0.1) is 0 Å². The SMILES string of the molecule is CCNC(=O)[C@H](C)N(Cc1ccc(Cl)c(Cl)c1)C(=O)CCCN1C(=O)c2ccccc2S1(=O)=O. The number of amides is 3. The van der Waals surface area contributed by atoms with Crippen LogP contribution in [0.3, 0.4) is 0 Å². The van der Waals surface area contributed by atoms with Gasteiger partial charge in [0.15, 0.2) is 0 Å². The fourth-order valence-corrected chi connectivity index (χ4v) is 5.64. The second kappa shape index (κ2) is 10.8. The number of hydrogen-bond donors (Lipinski definition) is 1. The standard InChI is InChI=1S/C23H25Cl2N3O5S/c1-3-26-22(30)15(2)27(14-16-10-11-18(24)19(25)13-16)21(29)9-6-12-28-23(31)17-7-4-5-8-20(17)34(28,32)33/h4-5,7-8,10-11,13,15H,3,6,9,12,14H2,1-2H3,(H,26,30)/t15-/m0/s1. The van der Waals surface area contributed by atoms with E-state index in [0.29, 0.717) is 22.2 Å². The average Bonchev–Trinajstić information content (AvgIpc) is 3.00. The van der Waals surface area contributed by atoms with Crippen LogP contribution < -0.4 is 5.32 Å². The summed E-state index contributed by atoms with van der Waals surface area (Å²) in [4.78, 5) is 39.5. The first-order valence-electron chi connectivity index (χ1n) is 10.7. The van der Waals surface area contributed by atoms with Crippen molar-refractivity contribution >= 4 is 50.9 Å². The van der Waals surface area contributed by atoms with E-state index in [2.05, 4.69) is 5.32 Å². The number of carbonyl (C=O) groups excluding carboxylic acids is 3. The molecule has 0 radical (unpaired) electrons. The van der Waals surface area contributed by atoms with E-state index in [1.807, 2.05) is 0 Å². The number of fused-ring (bicyclic) bond motifs is 1. The minimum atomic E-state index is -3.94. The van der Waals surface area contributed by atoms with Crippen LogP contribution in [-0.4, -0.2) is 54.5 Å². The van der Waals surface area contributed by atoms with Crippen molar-refractivity contribution in [2.24, 2.45) is 0 Å². The van der Waals surface area contributed by atoms with Crippen molar-refractivity contribution in [3.63, 3.8) is 0 Å². The second-order valence-corrected chi connectivity index (χ2v) is 10.5. The largest absolute Gasteiger partial charge is 0.355 e. The van der Waals surface area contributed by atoms with Gasteiger partial charge in [0.05, 0.1) is 15.6 Å². The summed E-state index contributed by atoms with van der Waals surface area (Å²) in [5.74, 6) is -1.28. The molecule has 0 saturated carbocycles. The van der Waals surface area contributed by atoms with Gasteiger partial charge in [0, 0.05) is 26.1 Å². The maximum Gasteiger partial charge on any atom is 0.269 e. The van der Waals surface area contributed by atoms with E-state index in [0.717, 1.165) is 4.31 Å². The summed E-state index contributed by atoms with van der Waals surface area (Å²) in [6.07, 6.45) is 0.0541. The molecule has 3 amide bonds. The van der Waals surface area contributed by atoms with Crippen LogP contribution >= 0.6 is 23.2 Å². The van der Waals surface area contributed by atoms with Crippen LogP contribution in [0.1, 0.15) is 42.6 Å². The van der Waals surface area contributed by atoms with Crippen molar-refractivity contribution < 1.29 is 22.8 Å². The predicted octanol–water partition coefficient (Wildman–Crippen LogP) is 3.47. The molecule has 0 aromatic heterocycles. The van der Waals surface area contributed by atoms with Gasteiger partial charge < -0.3 is 10.2 Å². The summed E-state index contributed by atoms with van der Waals surface area (Å²) in [6, 6.07) is 10.2. The predicted molar refractivity (Wildman–Crippen MR) is 129 cm³/mol. The van der Waals surface area contributed by atoms with E-state index < -0.39 is 22.0 Å². The smallest absolute Gasteiger partial charge is 0.269 e. The molecule has 2 aromatic carbocycles. The molecular formula is C23H25Cl2N3O5S. The molecule has 0 unspecified atom stereocenters. The van der Waals surface area contributed by atoms with Gasteiger partial charge in [0.2, 0.25) is 11.8 Å². The number of likely N-dealkylation sites (N-methyl/N-ethyl adjacent to an activating group) is 1. The lowest BCUT2D eigenvalue weighted by atomic mass is 10.1. The van der Waals surface area contributed by atoms with E-state index in [4.69, 9.17) is 23.2 Å². The van der Waals surface area contributed by atoms with Crippen molar-refractivity contribution in [1.82, 2.24) is 14.5 Å². The molecule has 0 aliphatic carbocycles. The lowest BCUT2D eigenvalue weighted by Gasteiger charge is -2.29. The lowest BCUT2D eigenvalue weighted by molar-refractivity contribution is -0.140. The van der Waals surface area contributed by atoms with E-state index in [-0.39, 0.29) is 48.2 Å². The van der Waals surface area contributed by atoms with Crippen LogP contribution in [0.15, 0.2) is 47.4 Å². The highest BCUT2D eigenvalue weighted by Gasteiger charge is 2.40. The molecule has 2 aromatic rings. The summed E-state index contributed by atoms with van der Waals surface area (Å²) in [5, 5.41) is 3.40. The zero-order chi connectivity index (χ0) is 25.0. The maximum atomic E-state index is 13.1. The van der Waals surface area contributed by atoms with E-state index in [1.54, 1.807) is 44.2 Å². The quantitative estimate of drug-likeness (QED) is 0.539. The molecule has 0 saturated heterocycles. The second-order valence-electron chi connectivity index (χ2n) is 7.82. The Morgan fingerprint density at radius 2 is 1.82 bits per heavy atom. The van der Waals surface area contributed by atoms with E-state index in [9.17, 15) is 22.8 Å². The van der Waals surface area contributed by atoms with E-state index >= 15 is 0 Å². The molecule has 8 nitrogen and oxygen atoms in total. The number of rotatable bonds is 9. The molecule has 1 aliphatic heterocycles. The van der Waals surface area contributed by atoms with Gasteiger partial charge in [0.1, 0.15) is 10.9 Å². The van der Waals surface area contributed by atoms with Gasteiger partial charge >= 0.3 is 0 Å². The fraction of sp³-hybridized carbons (Fsp3) is 0.348. The number of benzene rings is 2. The van der Waals surface area contributed by atoms with Gasteiger partial charge in [-0.25, -0.2) is 12.7 Å². The Balaban J connectivity index is 1.72. The zero-order valence-corrected chi connectivity index (χ0v) is 21.1. The van der Waals surface area contributed by atoms with Crippen LogP contribution in [0, 0.1) is 0 Å². The monoisotopic (exact) mass is 525 g/mol. The van der Waals surface area contributed by atoms with Gasteiger partial charge in [-0.05, 0) is 50.1 Å². The highest BCUT2D eigenvalue weighted by molar-refractivity contribution is 7.90. The topological polar surface area (TPSA) is 104 Å². The van der Waals surface area contributed by atoms with Crippen LogP contribution in [0.4, 0.5) is 0 Å². The summed E-state index contributed by atoms with van der Waals surface area (Å²) in [7, 11) is -3.94. The van der Waals surface area contributed by atoms with Crippen molar-refractivity contribution in [1.29, 1.82) is 0 Å². The Hall–Kier alpha value is -2.62. The average molecular weight is 526 g/mol. The van der Waals surface area contributed by atoms with Crippen LogP contribution in [0.5, 0.6) is 0 Å². The normalized spacial score (nSPS) is 15.1. The minimum absolute atomic E-state index is 0.0302. The number of nitrogens with one attached hydrogen (secondary N) is 1. The van der Waals surface area contributed by atoms with Crippen molar-refractivity contribution in [2.45, 2.75) is 44.2 Å². The molecule has 0 spiro atoms. The molecule has 3 rings (SSSR count). The molecule has 1 atom stereocenters. The molecule has 182 valence electrons. The first kappa shape index (κ1) is 26.0. The molecule has 1 aliphatic rings. The Morgan fingerprint density at radius 3 is 2.47 bits per heavy atom. The first-order chi connectivity index (χ1) is 16.1. The van der Waals surface area contributed by atoms with Crippen molar-refractivity contribution in [2.75, 3.05) is 13.1 Å². The van der Waals surface area contributed by atoms with Gasteiger partial charge in [-0.3, -0.25) is 14.4 Å². The van der Waals surface area contributed by atoms with Crippen molar-refractivity contribution in [3.05, 3.63) is 63.6 Å². The maximum absolute atomic E-state index is 13.1. The highest BCUT2D eigenvalue weighted by atomic mass is 35.5. The third kappa shape index (κ3) is 5.37. The number of halogens is 2. The fourth-order valence-electron chi connectivity index (χ4n) is 3.71. The Kier molecular flexibility index (Phi) is 8.22. The Morgan fingerprint density at radius 1 is 1.12 bits per heavy atom.